The molecule has 0 saturated carbocycles. The van der Waals surface area contributed by atoms with E-state index in [-0.39, 0.29) is 0 Å². The van der Waals surface area contributed by atoms with Crippen LogP contribution in [0.4, 0.5) is 0 Å². The predicted molar refractivity (Wildman–Crippen MR) is 186 cm³/mol. The maximum absolute atomic E-state index is 5.85. The molecular weight excluding hydrogens is 522 g/mol. The van der Waals surface area contributed by atoms with Crippen LogP contribution >= 0.6 is 0 Å². The van der Waals surface area contributed by atoms with Crippen LogP contribution < -0.4 is 11.2 Å². The summed E-state index contributed by atoms with van der Waals surface area (Å²) in [6, 6.07) is 8.56. The molecule has 3 nitrogen and oxygen atoms in total. The minimum atomic E-state index is 0.476. The molecule has 3 aliphatic carbocycles. The van der Waals surface area contributed by atoms with Gasteiger partial charge in [0.05, 0.1) is 5.71 Å². The van der Waals surface area contributed by atoms with Crippen molar-refractivity contribution in [3.63, 3.8) is 0 Å². The van der Waals surface area contributed by atoms with Gasteiger partial charge in [0.1, 0.15) is 0 Å². The Morgan fingerprint density at radius 3 is 2.65 bits per heavy atom. The highest BCUT2D eigenvalue weighted by molar-refractivity contribution is 6.15. The highest BCUT2D eigenvalue weighted by Gasteiger charge is 2.20. The van der Waals surface area contributed by atoms with Crippen molar-refractivity contribution in [1.29, 1.82) is 0 Å². The van der Waals surface area contributed by atoms with Crippen LogP contribution in [0.3, 0.4) is 0 Å². The third-order valence-corrected chi connectivity index (χ3v) is 8.77. The number of aryl methyl sites for hydroxylation is 1. The van der Waals surface area contributed by atoms with E-state index in [0.717, 1.165) is 57.1 Å². The van der Waals surface area contributed by atoms with Crippen LogP contribution in [0.25, 0.3) is 0 Å². The number of hydrogen-bond acceptors (Lipinski definition) is 3. The fraction of sp³-hybridized carbons (Fsp3) is 0.375. The Morgan fingerprint density at radius 1 is 1.07 bits per heavy atom. The zero-order valence-electron chi connectivity index (χ0n) is 26.7. The minimum Gasteiger partial charge on any atom is -0.405 e. The predicted octanol–water partition coefficient (Wildman–Crippen LogP) is 10.1. The molecule has 3 aliphatic rings. The van der Waals surface area contributed by atoms with E-state index in [4.69, 9.17) is 10.8 Å². The van der Waals surface area contributed by atoms with E-state index in [9.17, 15) is 0 Å². The van der Waals surface area contributed by atoms with E-state index in [1.54, 1.807) is 6.20 Å². The van der Waals surface area contributed by atoms with Crippen LogP contribution in [0, 0.1) is 24.7 Å². The SMILES string of the molecule is CC1=CC=CC(C(/C=C\N)CCC/C=C(\C=C/N/N=C(/C2=C(C(C)C)CCC=C2)c2ccccc2C)C2=CC=CCC2)C1. The van der Waals surface area contributed by atoms with Crippen molar-refractivity contribution in [1.82, 2.24) is 5.43 Å². The Balaban J connectivity index is 1.52. The number of nitrogens with zero attached hydrogens (tertiary/aromatic N) is 1. The lowest BCUT2D eigenvalue weighted by Gasteiger charge is -2.24. The number of nitrogens with one attached hydrogen (secondary N) is 1. The molecular formula is C40H51N3. The van der Waals surface area contributed by atoms with E-state index in [0.29, 0.717) is 17.8 Å². The zero-order chi connectivity index (χ0) is 30.4. The van der Waals surface area contributed by atoms with Crippen LogP contribution in [0.1, 0.15) is 83.3 Å². The lowest BCUT2D eigenvalue weighted by Crippen LogP contribution is -2.15. The molecule has 0 amide bonds. The monoisotopic (exact) mass is 573 g/mol. The van der Waals surface area contributed by atoms with Gasteiger partial charge >= 0.3 is 0 Å². The first kappa shape index (κ1) is 32.1. The number of allylic oxidation sites excluding steroid dienone is 16. The number of nitrogens with two attached hydrogens (primary N) is 1. The lowest BCUT2D eigenvalue weighted by atomic mass is 9.81. The van der Waals surface area contributed by atoms with Crippen molar-refractivity contribution >= 4 is 5.71 Å². The fourth-order valence-electron chi connectivity index (χ4n) is 6.37. The summed E-state index contributed by atoms with van der Waals surface area (Å²) in [5, 5.41) is 5.01. The van der Waals surface area contributed by atoms with Crippen molar-refractivity contribution in [2.24, 2.45) is 28.6 Å². The minimum absolute atomic E-state index is 0.476. The molecule has 0 fully saturated rings. The van der Waals surface area contributed by atoms with Gasteiger partial charge in [-0.05, 0) is 112 Å². The first-order chi connectivity index (χ1) is 21.0. The van der Waals surface area contributed by atoms with Crippen molar-refractivity contribution in [2.75, 3.05) is 0 Å². The second kappa shape index (κ2) is 16.7. The van der Waals surface area contributed by atoms with Gasteiger partial charge in [-0.2, -0.15) is 5.10 Å². The van der Waals surface area contributed by atoms with Gasteiger partial charge in [0.15, 0.2) is 0 Å². The second-order valence-corrected chi connectivity index (χ2v) is 12.3. The summed E-state index contributed by atoms with van der Waals surface area (Å²) in [5.74, 6) is 1.50. The van der Waals surface area contributed by atoms with Crippen LogP contribution in [0.5, 0.6) is 0 Å². The molecule has 3 heteroatoms. The summed E-state index contributed by atoms with van der Waals surface area (Å²) in [4.78, 5) is 0. The molecule has 0 radical (unpaired) electrons. The summed E-state index contributed by atoms with van der Waals surface area (Å²) < 4.78 is 0. The van der Waals surface area contributed by atoms with Crippen LogP contribution in [0.2, 0.25) is 0 Å². The van der Waals surface area contributed by atoms with Crippen LogP contribution in [-0.2, 0) is 0 Å². The normalized spacial score (nSPS) is 20.3. The number of unbranched alkanes of at least 4 members (excludes halogenated alkanes) is 1. The van der Waals surface area contributed by atoms with Gasteiger partial charge in [-0.25, -0.2) is 0 Å². The first-order valence-electron chi connectivity index (χ1n) is 16.2. The largest absolute Gasteiger partial charge is 0.405 e. The summed E-state index contributed by atoms with van der Waals surface area (Å²) in [6.07, 6.45) is 37.3. The second-order valence-electron chi connectivity index (χ2n) is 12.3. The number of hydrogen-bond donors (Lipinski definition) is 2. The Morgan fingerprint density at radius 2 is 1.91 bits per heavy atom. The van der Waals surface area contributed by atoms with Crippen molar-refractivity contribution in [3.8, 4) is 0 Å². The molecule has 0 bridgehead atoms. The standard InChI is InChI=1S/C40H51N3/c1-30(2)37-22-12-13-24-39(37)40(38-23-11-8-16-32(38)4)43-42-28-26-35(33-17-6-5-7-18-33)20-10-9-19-34(25-27-41)36-21-14-15-31(3)29-36/h5-6,8,11,13-17,20-21,23-28,30,34,36,42H,7,9-10,12,18-19,22,29,41H2,1-4H3/b27-25-,28-26-,35-20+,43-40+. The summed E-state index contributed by atoms with van der Waals surface area (Å²) >= 11 is 0. The van der Waals surface area contributed by atoms with Gasteiger partial charge in [0.25, 0.3) is 0 Å². The number of hydrazone groups is 1. The molecule has 226 valence electrons. The third kappa shape index (κ3) is 9.32. The molecule has 0 aromatic heterocycles. The maximum atomic E-state index is 5.85. The fourth-order valence-corrected chi connectivity index (χ4v) is 6.37. The van der Waals surface area contributed by atoms with Crippen molar-refractivity contribution in [3.05, 3.63) is 142 Å². The first-order valence-corrected chi connectivity index (χ1v) is 16.2. The summed E-state index contributed by atoms with van der Waals surface area (Å²) in [5.41, 5.74) is 19.5. The van der Waals surface area contributed by atoms with E-state index in [2.05, 4.69) is 124 Å². The Bertz CT molecular complexity index is 1400. The molecule has 2 unspecified atom stereocenters. The average Bonchev–Trinajstić information content (AvgIpc) is 3.02. The Labute approximate surface area is 260 Å². The molecule has 3 N–H and O–H groups in total. The van der Waals surface area contributed by atoms with Gasteiger partial charge < -0.3 is 5.73 Å². The van der Waals surface area contributed by atoms with Crippen molar-refractivity contribution in [2.45, 2.75) is 79.1 Å². The number of rotatable bonds is 13. The van der Waals surface area contributed by atoms with Gasteiger partial charge in [-0.15, -0.1) is 0 Å². The molecule has 1 aromatic carbocycles. The van der Waals surface area contributed by atoms with Gasteiger partial charge in [0, 0.05) is 17.3 Å². The number of benzene rings is 1. The molecule has 2 atom stereocenters. The highest BCUT2D eigenvalue weighted by atomic mass is 15.3. The summed E-state index contributed by atoms with van der Waals surface area (Å²) in [7, 11) is 0. The Hall–Kier alpha value is -3.85. The molecule has 0 heterocycles. The van der Waals surface area contributed by atoms with Gasteiger partial charge in [0.2, 0.25) is 0 Å². The third-order valence-electron chi connectivity index (χ3n) is 8.77. The van der Waals surface area contributed by atoms with Crippen LogP contribution in [-0.4, -0.2) is 5.71 Å². The van der Waals surface area contributed by atoms with Gasteiger partial charge in [-0.3, -0.25) is 5.43 Å². The molecule has 0 saturated heterocycles. The van der Waals surface area contributed by atoms with Crippen LogP contribution in [0.15, 0.2) is 136 Å². The van der Waals surface area contributed by atoms with E-state index < -0.39 is 0 Å². The quantitative estimate of drug-likeness (QED) is 0.107. The molecule has 0 aliphatic heterocycles. The zero-order valence-corrected chi connectivity index (χ0v) is 26.7. The molecule has 4 rings (SSSR count). The van der Waals surface area contributed by atoms with E-state index >= 15 is 0 Å². The van der Waals surface area contributed by atoms with E-state index in [1.807, 2.05) is 6.20 Å². The van der Waals surface area contributed by atoms with E-state index in [1.165, 1.54) is 39.0 Å². The molecule has 43 heavy (non-hydrogen) atoms. The van der Waals surface area contributed by atoms with Crippen molar-refractivity contribution < 1.29 is 0 Å². The summed E-state index contributed by atoms with van der Waals surface area (Å²) in [6.45, 7) is 8.98. The average molecular weight is 574 g/mol. The lowest BCUT2D eigenvalue weighted by molar-refractivity contribution is 0.427. The molecule has 1 aromatic rings. The molecule has 0 spiro atoms. The highest BCUT2D eigenvalue weighted by Crippen LogP contribution is 2.31. The maximum Gasteiger partial charge on any atom is 0.0979 e. The Kier molecular flexibility index (Phi) is 12.5. The topological polar surface area (TPSA) is 50.4 Å². The smallest absolute Gasteiger partial charge is 0.0979 e. The van der Waals surface area contributed by atoms with Gasteiger partial charge in [-0.1, -0.05) is 110 Å².